The number of benzene rings is 2. The average molecular weight is 438 g/mol. The minimum absolute atomic E-state index is 0.361. The van der Waals surface area contributed by atoms with Crippen molar-refractivity contribution in [1.29, 1.82) is 0 Å². The highest BCUT2D eigenvalue weighted by Gasteiger charge is 2.20. The number of pyridine rings is 1. The van der Waals surface area contributed by atoms with Gasteiger partial charge in [0.15, 0.2) is 5.65 Å². The predicted octanol–water partition coefficient (Wildman–Crippen LogP) is 4.59. The van der Waals surface area contributed by atoms with Gasteiger partial charge in [0.1, 0.15) is 5.75 Å². The van der Waals surface area contributed by atoms with Crippen LogP contribution in [0, 0.1) is 0 Å². The number of rotatable bonds is 5. The molecule has 0 spiro atoms. The van der Waals surface area contributed by atoms with Gasteiger partial charge in [-0.25, -0.2) is 9.97 Å². The maximum atomic E-state index is 10.4. The molecule has 164 valence electrons. The summed E-state index contributed by atoms with van der Waals surface area (Å²) in [4.78, 5) is 13.7. The quantitative estimate of drug-likeness (QED) is 0.426. The summed E-state index contributed by atoms with van der Waals surface area (Å²) in [5.74, 6) is 1.44. The van der Waals surface area contributed by atoms with Gasteiger partial charge in [0.2, 0.25) is 5.78 Å². The number of aromatic nitrogens is 6. The van der Waals surface area contributed by atoms with Crippen LogP contribution in [0.4, 0.5) is 0 Å². The van der Waals surface area contributed by atoms with Gasteiger partial charge in [-0.15, -0.1) is 0 Å². The largest absolute Gasteiger partial charge is 0.425 e. The van der Waals surface area contributed by atoms with Crippen molar-refractivity contribution in [2.75, 3.05) is 0 Å². The highest BCUT2D eigenvalue weighted by Crippen LogP contribution is 2.29. The molecule has 0 aliphatic heterocycles. The molecular weight excluding hydrogens is 416 g/mol. The molecule has 0 aliphatic carbocycles. The summed E-state index contributed by atoms with van der Waals surface area (Å²) in [7, 11) is 0. The molecule has 1 N–H and O–H groups in total. The van der Waals surface area contributed by atoms with Crippen LogP contribution in [0.2, 0.25) is 0 Å². The van der Waals surface area contributed by atoms with Crippen molar-refractivity contribution in [2.24, 2.45) is 0 Å². The lowest BCUT2D eigenvalue weighted by Gasteiger charge is -2.19. The molecule has 0 saturated carbocycles. The second-order valence-electron chi connectivity index (χ2n) is 8.66. The van der Waals surface area contributed by atoms with Crippen molar-refractivity contribution in [3.63, 3.8) is 0 Å². The van der Waals surface area contributed by atoms with E-state index in [9.17, 15) is 5.11 Å². The van der Waals surface area contributed by atoms with E-state index in [0.717, 1.165) is 33.7 Å². The Morgan fingerprint density at radius 1 is 0.909 bits per heavy atom. The molecule has 33 heavy (non-hydrogen) atoms. The minimum atomic E-state index is -0.913. The van der Waals surface area contributed by atoms with Crippen LogP contribution < -0.4 is 4.74 Å². The van der Waals surface area contributed by atoms with Crippen molar-refractivity contribution in [3.8, 4) is 17.4 Å². The number of fused-ring (bicyclic) bond motifs is 4. The zero-order chi connectivity index (χ0) is 22.6. The first-order chi connectivity index (χ1) is 16.0. The van der Waals surface area contributed by atoms with Gasteiger partial charge >= 0.3 is 6.01 Å². The summed E-state index contributed by atoms with van der Waals surface area (Å²) in [5, 5.41) is 10.4. The van der Waals surface area contributed by atoms with Gasteiger partial charge in [-0.3, -0.25) is 13.5 Å². The molecule has 8 nitrogen and oxygen atoms in total. The van der Waals surface area contributed by atoms with Gasteiger partial charge < -0.3 is 9.84 Å². The van der Waals surface area contributed by atoms with E-state index in [0.29, 0.717) is 18.3 Å². The fourth-order valence-electron chi connectivity index (χ4n) is 4.17. The van der Waals surface area contributed by atoms with E-state index in [4.69, 9.17) is 4.74 Å². The molecule has 0 bridgehead atoms. The highest BCUT2D eigenvalue weighted by atomic mass is 16.5. The Kier molecular flexibility index (Phi) is 4.24. The number of ether oxygens (including phenoxy) is 1. The minimum Gasteiger partial charge on any atom is -0.425 e. The molecule has 0 saturated heterocycles. The summed E-state index contributed by atoms with van der Waals surface area (Å²) in [6.07, 6.45) is 5.49. The highest BCUT2D eigenvalue weighted by molar-refractivity contribution is 5.80. The Morgan fingerprint density at radius 3 is 2.52 bits per heavy atom. The molecule has 2 aromatic carbocycles. The van der Waals surface area contributed by atoms with Crippen LogP contribution in [0.3, 0.4) is 0 Å². The van der Waals surface area contributed by atoms with Gasteiger partial charge in [-0.2, -0.15) is 4.98 Å². The first kappa shape index (κ1) is 19.5. The molecule has 0 radical (unpaired) electrons. The van der Waals surface area contributed by atoms with Crippen molar-refractivity contribution in [1.82, 2.24) is 28.5 Å². The summed E-state index contributed by atoms with van der Waals surface area (Å²) >= 11 is 0. The molecule has 4 heterocycles. The van der Waals surface area contributed by atoms with Crippen molar-refractivity contribution >= 4 is 28.0 Å². The van der Waals surface area contributed by atoms with E-state index in [1.165, 1.54) is 0 Å². The third kappa shape index (κ3) is 3.32. The molecule has 0 unspecified atom stereocenters. The van der Waals surface area contributed by atoms with Gasteiger partial charge in [0.25, 0.3) is 0 Å². The topological polar surface area (TPSA) is 82.4 Å². The second-order valence-corrected chi connectivity index (χ2v) is 8.66. The van der Waals surface area contributed by atoms with Crippen LogP contribution in [-0.4, -0.2) is 39.2 Å². The Hall–Kier alpha value is -4.17. The van der Waals surface area contributed by atoms with Crippen LogP contribution >= 0.6 is 0 Å². The van der Waals surface area contributed by atoms with Gasteiger partial charge in [0, 0.05) is 18.6 Å². The lowest BCUT2D eigenvalue weighted by Crippen LogP contribution is -2.26. The zero-order valence-corrected chi connectivity index (χ0v) is 18.3. The fraction of sp³-hybridized carbons (Fsp3) is 0.160. The Labute approximate surface area is 189 Å². The summed E-state index contributed by atoms with van der Waals surface area (Å²) in [6, 6.07) is 19.9. The number of hydrogen-bond donors (Lipinski definition) is 1. The standard InChI is InChI=1S/C25H22N6O2/c1-25(2,32)16-30-20-7-4-3-6-19(20)28-24(30)33-18-11-9-17(10-12-18)31-22-21(8-5-13-26-22)29-15-14-27-23(29)31/h3-15,32H,16H2,1-2H3. The molecule has 0 atom stereocenters. The maximum Gasteiger partial charge on any atom is 0.303 e. The van der Waals surface area contributed by atoms with E-state index in [-0.39, 0.29) is 0 Å². The lowest BCUT2D eigenvalue weighted by molar-refractivity contribution is 0.0606. The number of imidazole rings is 3. The van der Waals surface area contributed by atoms with E-state index < -0.39 is 5.60 Å². The van der Waals surface area contributed by atoms with Crippen molar-refractivity contribution < 1.29 is 9.84 Å². The predicted molar refractivity (Wildman–Crippen MR) is 126 cm³/mol. The van der Waals surface area contributed by atoms with E-state index >= 15 is 0 Å². The third-order valence-electron chi connectivity index (χ3n) is 5.53. The molecule has 0 amide bonds. The molecule has 8 heteroatoms. The van der Waals surface area contributed by atoms with Crippen LogP contribution in [-0.2, 0) is 6.54 Å². The Bertz CT molecular complexity index is 1600. The Morgan fingerprint density at radius 2 is 1.70 bits per heavy atom. The number of nitrogens with zero attached hydrogens (tertiary/aromatic N) is 6. The van der Waals surface area contributed by atoms with E-state index in [1.54, 1.807) is 26.2 Å². The maximum absolute atomic E-state index is 10.4. The van der Waals surface area contributed by atoms with Crippen LogP contribution in [0.25, 0.3) is 33.7 Å². The molecule has 6 rings (SSSR count). The van der Waals surface area contributed by atoms with Gasteiger partial charge in [-0.1, -0.05) is 12.1 Å². The number of para-hydroxylation sites is 2. The first-order valence-electron chi connectivity index (χ1n) is 10.7. The van der Waals surface area contributed by atoms with Crippen molar-refractivity contribution in [2.45, 2.75) is 26.0 Å². The SMILES string of the molecule is CC(C)(O)Cn1c(Oc2ccc(-n3c4ncccc4n4ccnc34)cc2)nc2ccccc21. The zero-order valence-electron chi connectivity index (χ0n) is 18.3. The average Bonchev–Trinajstić information content (AvgIpc) is 3.47. The first-order valence-corrected chi connectivity index (χ1v) is 10.7. The van der Waals surface area contributed by atoms with Gasteiger partial charge in [0.05, 0.1) is 34.4 Å². The summed E-state index contributed by atoms with van der Waals surface area (Å²) in [6.45, 7) is 3.90. The molecule has 0 aliphatic rings. The lowest BCUT2D eigenvalue weighted by atomic mass is 10.1. The molecule has 6 aromatic rings. The molecular formula is C25H22N6O2. The van der Waals surface area contributed by atoms with Crippen LogP contribution in [0.1, 0.15) is 13.8 Å². The van der Waals surface area contributed by atoms with Gasteiger partial charge in [-0.05, 0) is 62.4 Å². The number of hydrogen-bond acceptors (Lipinski definition) is 5. The normalized spacial score (nSPS) is 12.2. The Balaban J connectivity index is 1.39. The van der Waals surface area contributed by atoms with E-state index in [1.807, 2.05) is 80.4 Å². The molecule has 0 fully saturated rings. The number of aliphatic hydroxyl groups is 1. The fourth-order valence-corrected chi connectivity index (χ4v) is 4.17. The smallest absolute Gasteiger partial charge is 0.303 e. The third-order valence-corrected chi connectivity index (χ3v) is 5.53. The summed E-state index contributed by atoms with van der Waals surface area (Å²) < 4.78 is 12.1. The van der Waals surface area contributed by atoms with Crippen LogP contribution in [0.15, 0.2) is 79.3 Å². The van der Waals surface area contributed by atoms with E-state index in [2.05, 4.69) is 15.0 Å². The summed E-state index contributed by atoms with van der Waals surface area (Å²) in [5.41, 5.74) is 3.57. The monoisotopic (exact) mass is 438 g/mol. The molecule has 4 aromatic heterocycles. The van der Waals surface area contributed by atoms with Crippen LogP contribution in [0.5, 0.6) is 11.8 Å². The second kappa shape index (κ2) is 7.18. The van der Waals surface area contributed by atoms with Crippen molar-refractivity contribution in [3.05, 3.63) is 79.3 Å².